The summed E-state index contributed by atoms with van der Waals surface area (Å²) in [6.07, 6.45) is 2.77. The van der Waals surface area contributed by atoms with Gasteiger partial charge in [0.05, 0.1) is 12.6 Å². The van der Waals surface area contributed by atoms with Gasteiger partial charge in [0, 0.05) is 32.5 Å². The normalized spacial score (nSPS) is 16.0. The van der Waals surface area contributed by atoms with Crippen molar-refractivity contribution in [1.82, 2.24) is 15.2 Å². The average Bonchev–Trinajstić information content (AvgIpc) is 3.00. The minimum atomic E-state index is -0.110. The number of carbonyl (C=O) groups is 2. The van der Waals surface area contributed by atoms with Crippen LogP contribution in [0.3, 0.4) is 0 Å². The SMILES string of the molecule is CNC(=O)c1cc2c(n1C)CCCC2NC(=O)c1ccc(COC)cc1. The summed E-state index contributed by atoms with van der Waals surface area (Å²) in [5.74, 6) is -0.210. The maximum atomic E-state index is 12.6. The second-order valence-corrected chi connectivity index (χ2v) is 6.62. The van der Waals surface area contributed by atoms with Crippen LogP contribution in [-0.4, -0.2) is 30.5 Å². The largest absolute Gasteiger partial charge is 0.380 e. The number of aromatic nitrogens is 1. The molecule has 138 valence electrons. The monoisotopic (exact) mass is 355 g/mol. The molecule has 0 spiro atoms. The van der Waals surface area contributed by atoms with Gasteiger partial charge in [-0.25, -0.2) is 0 Å². The molecule has 0 aliphatic heterocycles. The molecule has 1 atom stereocenters. The third-order valence-corrected chi connectivity index (χ3v) is 4.97. The number of ether oxygens (including phenoxy) is 1. The number of nitrogens with zero attached hydrogens (tertiary/aromatic N) is 1. The van der Waals surface area contributed by atoms with E-state index in [9.17, 15) is 9.59 Å². The highest BCUT2D eigenvalue weighted by Crippen LogP contribution is 2.32. The minimum Gasteiger partial charge on any atom is -0.380 e. The van der Waals surface area contributed by atoms with Gasteiger partial charge in [-0.05, 0) is 48.6 Å². The predicted octanol–water partition coefficient (Wildman–Crippen LogP) is 2.34. The Kier molecular flexibility index (Phi) is 5.42. The molecule has 2 aromatic rings. The molecule has 0 bridgehead atoms. The molecule has 0 radical (unpaired) electrons. The summed E-state index contributed by atoms with van der Waals surface area (Å²) in [5, 5.41) is 5.80. The molecule has 1 aliphatic carbocycles. The number of methoxy groups -OCH3 is 1. The van der Waals surface area contributed by atoms with Crippen LogP contribution < -0.4 is 10.6 Å². The summed E-state index contributed by atoms with van der Waals surface area (Å²) < 4.78 is 7.03. The quantitative estimate of drug-likeness (QED) is 0.865. The molecule has 6 heteroatoms. The number of benzene rings is 1. The lowest BCUT2D eigenvalue weighted by Gasteiger charge is -2.24. The van der Waals surface area contributed by atoms with E-state index in [0.717, 1.165) is 36.1 Å². The summed E-state index contributed by atoms with van der Waals surface area (Å²) >= 11 is 0. The molecule has 0 saturated carbocycles. The zero-order valence-corrected chi connectivity index (χ0v) is 15.5. The third kappa shape index (κ3) is 3.51. The van der Waals surface area contributed by atoms with Gasteiger partial charge in [-0.2, -0.15) is 0 Å². The number of carbonyl (C=O) groups excluding carboxylic acids is 2. The van der Waals surface area contributed by atoms with Crippen LogP contribution in [0, 0.1) is 0 Å². The van der Waals surface area contributed by atoms with Gasteiger partial charge in [0.15, 0.2) is 0 Å². The van der Waals surface area contributed by atoms with E-state index in [2.05, 4.69) is 10.6 Å². The van der Waals surface area contributed by atoms with Gasteiger partial charge >= 0.3 is 0 Å². The van der Waals surface area contributed by atoms with Crippen LogP contribution in [-0.2, 0) is 24.8 Å². The Bertz CT molecular complexity index is 808. The van der Waals surface area contributed by atoms with E-state index in [-0.39, 0.29) is 17.9 Å². The lowest BCUT2D eigenvalue weighted by Crippen LogP contribution is -2.30. The van der Waals surface area contributed by atoms with Gasteiger partial charge in [0.25, 0.3) is 11.8 Å². The van der Waals surface area contributed by atoms with Gasteiger partial charge in [-0.1, -0.05) is 12.1 Å². The summed E-state index contributed by atoms with van der Waals surface area (Å²) in [6, 6.07) is 9.26. The number of amides is 2. The number of hydrogen-bond acceptors (Lipinski definition) is 3. The lowest BCUT2D eigenvalue weighted by atomic mass is 9.92. The highest BCUT2D eigenvalue weighted by atomic mass is 16.5. The average molecular weight is 355 g/mol. The van der Waals surface area contributed by atoms with Gasteiger partial charge in [-0.15, -0.1) is 0 Å². The van der Waals surface area contributed by atoms with Crippen molar-refractivity contribution in [2.45, 2.75) is 31.9 Å². The molecule has 1 aromatic carbocycles. The first kappa shape index (κ1) is 18.2. The third-order valence-electron chi connectivity index (χ3n) is 4.97. The fourth-order valence-electron chi connectivity index (χ4n) is 3.57. The van der Waals surface area contributed by atoms with Crippen molar-refractivity contribution in [3.63, 3.8) is 0 Å². The van der Waals surface area contributed by atoms with Crippen LogP contribution in [0.5, 0.6) is 0 Å². The van der Waals surface area contributed by atoms with Gasteiger partial charge in [0.1, 0.15) is 5.69 Å². The van der Waals surface area contributed by atoms with Gasteiger partial charge in [-0.3, -0.25) is 9.59 Å². The lowest BCUT2D eigenvalue weighted by molar-refractivity contribution is 0.0930. The Hall–Kier alpha value is -2.60. The van der Waals surface area contributed by atoms with Crippen molar-refractivity contribution in [3.8, 4) is 0 Å². The van der Waals surface area contributed by atoms with E-state index >= 15 is 0 Å². The Morgan fingerprint density at radius 3 is 2.62 bits per heavy atom. The molecule has 0 saturated heterocycles. The van der Waals surface area contributed by atoms with Crippen LogP contribution in [0.4, 0.5) is 0 Å². The number of rotatable bonds is 5. The highest BCUT2D eigenvalue weighted by molar-refractivity contribution is 5.95. The summed E-state index contributed by atoms with van der Waals surface area (Å²) in [4.78, 5) is 24.7. The smallest absolute Gasteiger partial charge is 0.267 e. The standard InChI is InChI=1S/C20H25N3O3/c1-21-20(25)18-11-15-16(5-4-6-17(15)23(18)2)22-19(24)14-9-7-13(8-10-14)12-26-3/h7-11,16H,4-6,12H2,1-3H3,(H,21,25)(H,22,24). The first-order valence-corrected chi connectivity index (χ1v) is 8.84. The zero-order valence-electron chi connectivity index (χ0n) is 15.5. The first-order chi connectivity index (χ1) is 12.5. The van der Waals surface area contributed by atoms with Crippen LogP contribution in [0.2, 0.25) is 0 Å². The maximum absolute atomic E-state index is 12.6. The van der Waals surface area contributed by atoms with Crippen LogP contribution in [0.1, 0.15) is 56.6 Å². The topological polar surface area (TPSA) is 72.4 Å². The van der Waals surface area contributed by atoms with Crippen molar-refractivity contribution in [2.24, 2.45) is 7.05 Å². The predicted molar refractivity (Wildman–Crippen MR) is 99.1 cm³/mol. The van der Waals surface area contributed by atoms with Crippen molar-refractivity contribution in [1.29, 1.82) is 0 Å². The summed E-state index contributed by atoms with van der Waals surface area (Å²) in [5.41, 5.74) is 4.45. The van der Waals surface area contributed by atoms with Crippen molar-refractivity contribution >= 4 is 11.8 Å². The first-order valence-electron chi connectivity index (χ1n) is 8.84. The van der Waals surface area contributed by atoms with Crippen molar-refractivity contribution in [2.75, 3.05) is 14.2 Å². The van der Waals surface area contributed by atoms with Gasteiger partial charge < -0.3 is 19.9 Å². The summed E-state index contributed by atoms with van der Waals surface area (Å²) in [7, 11) is 5.18. The Morgan fingerprint density at radius 1 is 1.23 bits per heavy atom. The molecule has 0 fully saturated rings. The van der Waals surface area contributed by atoms with Crippen molar-refractivity contribution in [3.05, 3.63) is 58.4 Å². The molecule has 1 heterocycles. The Labute approximate surface area is 153 Å². The van der Waals surface area contributed by atoms with E-state index in [4.69, 9.17) is 4.74 Å². The van der Waals surface area contributed by atoms with E-state index in [1.165, 1.54) is 0 Å². The molecule has 1 unspecified atom stereocenters. The highest BCUT2D eigenvalue weighted by Gasteiger charge is 2.27. The zero-order chi connectivity index (χ0) is 18.7. The number of nitrogens with one attached hydrogen (secondary N) is 2. The second kappa shape index (κ2) is 7.74. The molecule has 1 aliphatic rings. The molecule has 2 amide bonds. The fourth-order valence-corrected chi connectivity index (χ4v) is 3.57. The number of hydrogen-bond donors (Lipinski definition) is 2. The van der Waals surface area contributed by atoms with Crippen LogP contribution >= 0.6 is 0 Å². The van der Waals surface area contributed by atoms with E-state index in [1.807, 2.05) is 41.9 Å². The van der Waals surface area contributed by atoms with Crippen molar-refractivity contribution < 1.29 is 14.3 Å². The van der Waals surface area contributed by atoms with Crippen LogP contribution in [0.25, 0.3) is 0 Å². The molecule has 26 heavy (non-hydrogen) atoms. The molecule has 3 rings (SSSR count). The molecule has 6 nitrogen and oxygen atoms in total. The number of fused-ring (bicyclic) bond motifs is 1. The maximum Gasteiger partial charge on any atom is 0.267 e. The molecule has 1 aromatic heterocycles. The van der Waals surface area contributed by atoms with Crippen LogP contribution in [0.15, 0.2) is 30.3 Å². The minimum absolute atomic E-state index is 0.0745. The summed E-state index contributed by atoms with van der Waals surface area (Å²) in [6.45, 7) is 0.528. The van der Waals surface area contributed by atoms with Gasteiger partial charge in [0.2, 0.25) is 0 Å². The molecular formula is C20H25N3O3. The van der Waals surface area contributed by atoms with E-state index in [0.29, 0.717) is 17.9 Å². The molecular weight excluding hydrogens is 330 g/mol. The van der Waals surface area contributed by atoms with E-state index < -0.39 is 0 Å². The fraction of sp³-hybridized carbons (Fsp3) is 0.400. The Morgan fingerprint density at radius 2 is 1.96 bits per heavy atom. The van der Waals surface area contributed by atoms with E-state index in [1.54, 1.807) is 14.2 Å². The Balaban J connectivity index is 1.79. The molecule has 2 N–H and O–H groups in total. The second-order valence-electron chi connectivity index (χ2n) is 6.62.